The molecule has 0 aliphatic rings. The average Bonchev–Trinajstić information content (AvgIpc) is 2.25. The van der Waals surface area contributed by atoms with Gasteiger partial charge in [-0.3, -0.25) is 10.1 Å². The first kappa shape index (κ1) is 13.5. The van der Waals surface area contributed by atoms with Crippen LogP contribution in [0.1, 0.15) is 5.56 Å². The van der Waals surface area contributed by atoms with Crippen LogP contribution >= 0.6 is 23.2 Å². The molecule has 0 saturated heterocycles. The molecule has 17 heavy (non-hydrogen) atoms. The number of rotatable bonds is 5. The summed E-state index contributed by atoms with van der Waals surface area (Å²) in [7, 11) is 0. The molecule has 0 radical (unpaired) electrons. The van der Waals surface area contributed by atoms with Crippen molar-refractivity contribution in [3.05, 3.63) is 56.7 Å². The molecular formula is C11H9Cl2NO3. The SMILES string of the molecule is C=CCOc1c(Cl)cc(C=C[N+](=O)[O-])cc1Cl. The molecule has 0 N–H and O–H groups in total. The second-order valence-electron chi connectivity index (χ2n) is 3.01. The van der Waals surface area contributed by atoms with E-state index in [-0.39, 0.29) is 6.61 Å². The largest absolute Gasteiger partial charge is 0.486 e. The standard InChI is InChI=1S/C11H9Cl2NO3/c1-2-5-17-11-9(12)6-8(7-10(11)13)3-4-14(15)16/h2-4,6-7H,1,5H2. The number of nitrogens with zero attached hydrogens (tertiary/aromatic N) is 1. The van der Waals surface area contributed by atoms with Gasteiger partial charge < -0.3 is 4.74 Å². The monoisotopic (exact) mass is 273 g/mol. The number of halogens is 2. The fourth-order valence-electron chi connectivity index (χ4n) is 1.10. The van der Waals surface area contributed by atoms with E-state index in [1.807, 2.05) is 0 Å². The molecule has 0 saturated carbocycles. The van der Waals surface area contributed by atoms with Gasteiger partial charge in [-0.1, -0.05) is 35.9 Å². The quantitative estimate of drug-likeness (QED) is 0.466. The number of ether oxygens (including phenoxy) is 1. The normalized spacial score (nSPS) is 10.5. The summed E-state index contributed by atoms with van der Waals surface area (Å²) in [6.07, 6.45) is 3.68. The lowest BCUT2D eigenvalue weighted by Crippen LogP contribution is -1.95. The minimum absolute atomic E-state index is 0.281. The maximum atomic E-state index is 10.2. The van der Waals surface area contributed by atoms with Crippen molar-refractivity contribution in [3.63, 3.8) is 0 Å². The molecule has 0 aromatic heterocycles. The van der Waals surface area contributed by atoms with Gasteiger partial charge in [0.1, 0.15) is 6.61 Å². The summed E-state index contributed by atoms with van der Waals surface area (Å²) in [5.74, 6) is 0.339. The minimum atomic E-state index is -0.566. The highest BCUT2D eigenvalue weighted by Crippen LogP contribution is 2.34. The van der Waals surface area contributed by atoms with Gasteiger partial charge in [0.05, 0.1) is 15.0 Å². The molecule has 0 aliphatic heterocycles. The number of hydrogen-bond acceptors (Lipinski definition) is 3. The third-order valence-corrected chi connectivity index (χ3v) is 2.32. The van der Waals surface area contributed by atoms with Crippen LogP contribution in [-0.4, -0.2) is 11.5 Å². The lowest BCUT2D eigenvalue weighted by molar-refractivity contribution is -0.400. The summed E-state index contributed by atoms with van der Waals surface area (Å²) in [5, 5.41) is 10.8. The van der Waals surface area contributed by atoms with Crippen LogP contribution in [0.5, 0.6) is 5.75 Å². The van der Waals surface area contributed by atoms with E-state index in [0.29, 0.717) is 21.4 Å². The van der Waals surface area contributed by atoms with Gasteiger partial charge in [-0.15, -0.1) is 0 Å². The van der Waals surface area contributed by atoms with Crippen LogP contribution in [0, 0.1) is 10.1 Å². The van der Waals surface area contributed by atoms with E-state index in [0.717, 1.165) is 6.20 Å². The van der Waals surface area contributed by atoms with Gasteiger partial charge >= 0.3 is 0 Å². The molecule has 0 atom stereocenters. The summed E-state index contributed by atoms with van der Waals surface area (Å²) in [6, 6.07) is 3.07. The highest BCUT2D eigenvalue weighted by Gasteiger charge is 2.08. The molecule has 4 nitrogen and oxygen atoms in total. The second kappa shape index (κ2) is 6.27. The van der Waals surface area contributed by atoms with Crippen molar-refractivity contribution in [2.24, 2.45) is 0 Å². The summed E-state index contributed by atoms with van der Waals surface area (Å²) in [4.78, 5) is 9.60. The first-order chi connectivity index (χ1) is 8.04. The predicted molar refractivity (Wildman–Crippen MR) is 68.2 cm³/mol. The number of benzene rings is 1. The van der Waals surface area contributed by atoms with Crippen molar-refractivity contribution in [2.45, 2.75) is 0 Å². The minimum Gasteiger partial charge on any atom is -0.486 e. The van der Waals surface area contributed by atoms with E-state index in [9.17, 15) is 10.1 Å². The van der Waals surface area contributed by atoms with E-state index < -0.39 is 4.92 Å². The molecule has 0 fully saturated rings. The van der Waals surface area contributed by atoms with Gasteiger partial charge in [-0.05, 0) is 17.7 Å². The van der Waals surface area contributed by atoms with Gasteiger partial charge in [-0.2, -0.15) is 0 Å². The molecule has 0 heterocycles. The lowest BCUT2D eigenvalue weighted by Gasteiger charge is -2.08. The molecule has 90 valence electrons. The Labute approximate surface area is 108 Å². The van der Waals surface area contributed by atoms with Crippen molar-refractivity contribution in [2.75, 3.05) is 6.61 Å². The molecule has 1 rings (SSSR count). The van der Waals surface area contributed by atoms with E-state index in [1.54, 1.807) is 6.08 Å². The first-order valence-corrected chi connectivity index (χ1v) is 5.34. The number of hydrogen-bond donors (Lipinski definition) is 0. The molecule has 0 unspecified atom stereocenters. The van der Waals surface area contributed by atoms with Crippen molar-refractivity contribution in [1.29, 1.82) is 0 Å². The van der Waals surface area contributed by atoms with Gasteiger partial charge in [0.15, 0.2) is 5.75 Å². The third-order valence-electron chi connectivity index (χ3n) is 1.75. The van der Waals surface area contributed by atoms with Gasteiger partial charge in [0.25, 0.3) is 0 Å². The predicted octanol–water partition coefficient (Wildman–Crippen LogP) is 3.81. The summed E-state index contributed by atoms with van der Waals surface area (Å²) in [6.45, 7) is 3.79. The molecule has 1 aromatic carbocycles. The molecule has 0 bridgehead atoms. The zero-order valence-electron chi connectivity index (χ0n) is 8.73. The zero-order valence-corrected chi connectivity index (χ0v) is 10.2. The Bertz CT molecular complexity index is 449. The third kappa shape index (κ3) is 4.09. The first-order valence-electron chi connectivity index (χ1n) is 4.59. The molecule has 6 heteroatoms. The van der Waals surface area contributed by atoms with E-state index in [4.69, 9.17) is 27.9 Å². The Morgan fingerprint density at radius 2 is 2.00 bits per heavy atom. The smallest absolute Gasteiger partial charge is 0.235 e. The lowest BCUT2D eigenvalue weighted by atomic mass is 10.2. The van der Waals surface area contributed by atoms with Crippen LogP contribution in [0.2, 0.25) is 10.0 Å². The van der Waals surface area contributed by atoms with E-state index in [1.165, 1.54) is 18.2 Å². The molecule has 0 amide bonds. The average molecular weight is 274 g/mol. The summed E-state index contributed by atoms with van der Waals surface area (Å²) < 4.78 is 5.26. The summed E-state index contributed by atoms with van der Waals surface area (Å²) in [5.41, 5.74) is 0.530. The topological polar surface area (TPSA) is 52.4 Å². The van der Waals surface area contributed by atoms with Gasteiger partial charge in [0, 0.05) is 6.08 Å². The fourth-order valence-corrected chi connectivity index (χ4v) is 1.72. The van der Waals surface area contributed by atoms with Crippen molar-refractivity contribution >= 4 is 29.3 Å². The Morgan fingerprint density at radius 1 is 1.41 bits per heavy atom. The maximum absolute atomic E-state index is 10.2. The van der Waals surface area contributed by atoms with Crippen LogP contribution in [0.25, 0.3) is 6.08 Å². The molecule has 1 aromatic rings. The van der Waals surface area contributed by atoms with Crippen LogP contribution in [0.4, 0.5) is 0 Å². The number of nitro groups is 1. The highest BCUT2D eigenvalue weighted by molar-refractivity contribution is 6.37. The Hall–Kier alpha value is -1.52. The van der Waals surface area contributed by atoms with Crippen LogP contribution in [0.15, 0.2) is 31.0 Å². The van der Waals surface area contributed by atoms with Gasteiger partial charge in [0.2, 0.25) is 6.20 Å². The fraction of sp³-hybridized carbons (Fsp3) is 0.0909. The second-order valence-corrected chi connectivity index (χ2v) is 3.83. The molecular weight excluding hydrogens is 265 g/mol. The zero-order chi connectivity index (χ0) is 12.8. The van der Waals surface area contributed by atoms with Gasteiger partial charge in [-0.25, -0.2) is 0 Å². The molecule has 0 spiro atoms. The summed E-state index contributed by atoms with van der Waals surface area (Å²) >= 11 is 11.9. The maximum Gasteiger partial charge on any atom is 0.235 e. The molecule has 0 aliphatic carbocycles. The van der Waals surface area contributed by atoms with Crippen molar-refractivity contribution < 1.29 is 9.66 Å². The van der Waals surface area contributed by atoms with Crippen molar-refractivity contribution in [1.82, 2.24) is 0 Å². The Morgan fingerprint density at radius 3 is 2.47 bits per heavy atom. The highest BCUT2D eigenvalue weighted by atomic mass is 35.5. The van der Waals surface area contributed by atoms with E-state index >= 15 is 0 Å². The Balaban J connectivity index is 3.00. The van der Waals surface area contributed by atoms with Crippen LogP contribution in [-0.2, 0) is 0 Å². The van der Waals surface area contributed by atoms with Crippen LogP contribution < -0.4 is 4.74 Å². The van der Waals surface area contributed by atoms with Crippen LogP contribution in [0.3, 0.4) is 0 Å². The van der Waals surface area contributed by atoms with Crippen molar-refractivity contribution in [3.8, 4) is 5.75 Å². The Kier molecular flexibility index (Phi) is 5.00. The van der Waals surface area contributed by atoms with E-state index in [2.05, 4.69) is 6.58 Å².